The predicted molar refractivity (Wildman–Crippen MR) is 92.7 cm³/mol. The van der Waals surface area contributed by atoms with Crippen LogP contribution in [-0.4, -0.2) is 0 Å². The van der Waals surface area contributed by atoms with Gasteiger partial charge in [0.1, 0.15) is 6.54 Å². The quantitative estimate of drug-likeness (QED) is 0.275. The molecule has 112 valence electrons. The fourth-order valence-electron chi connectivity index (χ4n) is 3.24. The van der Waals surface area contributed by atoms with Crippen LogP contribution in [0.15, 0.2) is 72.9 Å². The Balaban J connectivity index is 2.12. The van der Waals surface area contributed by atoms with Crippen molar-refractivity contribution in [2.45, 2.75) is 13.5 Å². The SMILES string of the molecule is CC[n+]1ccc(-c2c3ccccc3cc3ccccc23)cc1F. The smallest absolute Gasteiger partial charge is 0.174 e. The maximum Gasteiger partial charge on any atom is 0.360 e. The van der Waals surface area contributed by atoms with Crippen molar-refractivity contribution in [3.05, 3.63) is 78.9 Å². The number of benzene rings is 3. The summed E-state index contributed by atoms with van der Waals surface area (Å²) in [6.07, 6.45) is 1.82. The van der Waals surface area contributed by atoms with Crippen LogP contribution < -0.4 is 4.57 Å². The van der Waals surface area contributed by atoms with Gasteiger partial charge in [-0.2, -0.15) is 4.57 Å². The Kier molecular flexibility index (Phi) is 3.30. The molecule has 4 aromatic rings. The lowest BCUT2D eigenvalue weighted by molar-refractivity contribution is -0.720. The summed E-state index contributed by atoms with van der Waals surface area (Å²) in [6.45, 7) is 2.57. The van der Waals surface area contributed by atoms with Crippen LogP contribution in [0.3, 0.4) is 0 Å². The number of halogens is 1. The predicted octanol–water partition coefficient (Wildman–Crippen LogP) is 5.11. The van der Waals surface area contributed by atoms with Crippen LogP contribution in [0.2, 0.25) is 0 Å². The van der Waals surface area contributed by atoms with Crippen molar-refractivity contribution >= 4 is 21.5 Å². The normalized spacial score (nSPS) is 11.2. The minimum atomic E-state index is -0.206. The van der Waals surface area contributed by atoms with Gasteiger partial charge in [-0.1, -0.05) is 48.5 Å². The first kappa shape index (κ1) is 13.9. The molecule has 0 aliphatic heterocycles. The molecule has 0 N–H and O–H groups in total. The molecular weight excluding hydrogens is 285 g/mol. The number of nitrogens with zero attached hydrogens (tertiary/aromatic N) is 1. The second-order valence-electron chi connectivity index (χ2n) is 5.72. The summed E-state index contributed by atoms with van der Waals surface area (Å²) in [5.74, 6) is -0.206. The molecule has 1 aromatic heterocycles. The third-order valence-electron chi connectivity index (χ3n) is 4.38. The number of aryl methyl sites for hydroxylation is 1. The van der Waals surface area contributed by atoms with Crippen LogP contribution in [-0.2, 0) is 6.54 Å². The second kappa shape index (κ2) is 5.47. The zero-order valence-electron chi connectivity index (χ0n) is 13.0. The van der Waals surface area contributed by atoms with Crippen molar-refractivity contribution in [3.63, 3.8) is 0 Å². The van der Waals surface area contributed by atoms with E-state index in [1.807, 2.05) is 43.5 Å². The highest BCUT2D eigenvalue weighted by atomic mass is 19.1. The number of hydrogen-bond donors (Lipinski definition) is 0. The number of hydrogen-bond acceptors (Lipinski definition) is 0. The Morgan fingerprint density at radius 2 is 1.43 bits per heavy atom. The van der Waals surface area contributed by atoms with E-state index in [0.717, 1.165) is 21.9 Å². The van der Waals surface area contributed by atoms with Gasteiger partial charge >= 0.3 is 5.95 Å². The summed E-state index contributed by atoms with van der Waals surface area (Å²) in [4.78, 5) is 0. The van der Waals surface area contributed by atoms with Gasteiger partial charge in [0.05, 0.1) is 6.07 Å². The minimum absolute atomic E-state index is 0.206. The Bertz CT molecular complexity index is 967. The Labute approximate surface area is 134 Å². The zero-order chi connectivity index (χ0) is 15.8. The molecule has 0 saturated carbocycles. The number of fused-ring (bicyclic) bond motifs is 2. The molecule has 0 aliphatic carbocycles. The van der Waals surface area contributed by atoms with Crippen LogP contribution in [0, 0.1) is 5.95 Å². The third kappa shape index (κ3) is 2.27. The van der Waals surface area contributed by atoms with Gasteiger partial charge in [-0.15, -0.1) is 4.39 Å². The molecule has 23 heavy (non-hydrogen) atoms. The topological polar surface area (TPSA) is 3.88 Å². The van der Waals surface area contributed by atoms with E-state index in [1.165, 1.54) is 10.8 Å². The number of aromatic nitrogens is 1. The van der Waals surface area contributed by atoms with Crippen LogP contribution in [0.5, 0.6) is 0 Å². The molecule has 3 aromatic carbocycles. The highest BCUT2D eigenvalue weighted by Gasteiger charge is 2.14. The maximum atomic E-state index is 14.3. The van der Waals surface area contributed by atoms with E-state index in [0.29, 0.717) is 6.54 Å². The van der Waals surface area contributed by atoms with Crippen molar-refractivity contribution in [3.8, 4) is 11.1 Å². The van der Waals surface area contributed by atoms with Crippen molar-refractivity contribution in [2.75, 3.05) is 0 Å². The molecule has 0 aliphatic rings. The lowest BCUT2D eigenvalue weighted by Crippen LogP contribution is -2.36. The molecule has 4 rings (SSSR count). The lowest BCUT2D eigenvalue weighted by atomic mass is 9.92. The molecule has 0 unspecified atom stereocenters. The molecule has 0 bridgehead atoms. The lowest BCUT2D eigenvalue weighted by Gasteiger charge is -2.11. The molecule has 0 amide bonds. The fourth-order valence-corrected chi connectivity index (χ4v) is 3.24. The number of pyridine rings is 1. The van der Waals surface area contributed by atoms with Crippen molar-refractivity contribution in [2.24, 2.45) is 0 Å². The third-order valence-corrected chi connectivity index (χ3v) is 4.38. The Morgan fingerprint density at radius 1 is 0.826 bits per heavy atom. The molecule has 0 spiro atoms. The van der Waals surface area contributed by atoms with Gasteiger partial charge in [0.25, 0.3) is 0 Å². The first-order valence-electron chi connectivity index (χ1n) is 7.88. The summed E-state index contributed by atoms with van der Waals surface area (Å²) >= 11 is 0. The van der Waals surface area contributed by atoms with E-state index in [9.17, 15) is 4.39 Å². The molecule has 0 fully saturated rings. The van der Waals surface area contributed by atoms with E-state index in [2.05, 4.69) is 30.3 Å². The minimum Gasteiger partial charge on any atom is -0.174 e. The van der Waals surface area contributed by atoms with Crippen molar-refractivity contribution < 1.29 is 8.96 Å². The van der Waals surface area contributed by atoms with E-state index >= 15 is 0 Å². The summed E-state index contributed by atoms with van der Waals surface area (Å²) in [6, 6.07) is 22.4. The van der Waals surface area contributed by atoms with Crippen molar-refractivity contribution in [1.82, 2.24) is 0 Å². The summed E-state index contributed by atoms with van der Waals surface area (Å²) in [5, 5.41) is 4.65. The van der Waals surface area contributed by atoms with E-state index in [4.69, 9.17) is 0 Å². The molecule has 0 radical (unpaired) electrons. The summed E-state index contributed by atoms with van der Waals surface area (Å²) in [5.41, 5.74) is 2.01. The molecule has 0 atom stereocenters. The van der Waals surface area contributed by atoms with Gasteiger partial charge < -0.3 is 0 Å². The first-order chi connectivity index (χ1) is 11.3. The highest BCUT2D eigenvalue weighted by molar-refractivity contribution is 6.12. The molecule has 2 heteroatoms. The van der Waals surface area contributed by atoms with Gasteiger partial charge in [0, 0.05) is 6.07 Å². The maximum absolute atomic E-state index is 14.3. The van der Waals surface area contributed by atoms with Crippen LogP contribution in [0.25, 0.3) is 32.7 Å². The second-order valence-corrected chi connectivity index (χ2v) is 5.72. The van der Waals surface area contributed by atoms with Crippen LogP contribution in [0.4, 0.5) is 4.39 Å². The Hall–Kier alpha value is -2.74. The largest absolute Gasteiger partial charge is 0.360 e. The molecule has 1 nitrogen and oxygen atoms in total. The van der Waals surface area contributed by atoms with Gasteiger partial charge in [-0.05, 0) is 45.7 Å². The zero-order valence-corrected chi connectivity index (χ0v) is 13.0. The molecule has 1 heterocycles. The summed E-state index contributed by atoms with van der Waals surface area (Å²) in [7, 11) is 0. The molecular formula is C21H17FN+. The van der Waals surface area contributed by atoms with E-state index in [-0.39, 0.29) is 5.95 Å². The average molecular weight is 302 g/mol. The standard InChI is InChI=1S/C21H17FN/c1-2-23-12-11-17(14-20(23)22)21-18-9-5-3-7-15(18)13-16-8-4-6-10-19(16)21/h3-14H,2H2,1H3/q+1. The van der Waals surface area contributed by atoms with Crippen molar-refractivity contribution in [1.29, 1.82) is 0 Å². The van der Waals surface area contributed by atoms with Gasteiger partial charge in [-0.25, -0.2) is 0 Å². The van der Waals surface area contributed by atoms with Crippen LogP contribution in [0.1, 0.15) is 6.92 Å². The van der Waals surface area contributed by atoms with E-state index in [1.54, 1.807) is 10.6 Å². The van der Waals surface area contributed by atoms with Crippen LogP contribution >= 0.6 is 0 Å². The molecule has 0 saturated heterocycles. The highest BCUT2D eigenvalue weighted by Crippen LogP contribution is 2.36. The number of rotatable bonds is 2. The average Bonchev–Trinajstić information content (AvgIpc) is 2.59. The Morgan fingerprint density at radius 3 is 2.00 bits per heavy atom. The van der Waals surface area contributed by atoms with E-state index < -0.39 is 0 Å². The summed E-state index contributed by atoms with van der Waals surface area (Å²) < 4.78 is 15.9. The monoisotopic (exact) mass is 302 g/mol. The first-order valence-corrected chi connectivity index (χ1v) is 7.88. The van der Waals surface area contributed by atoms with Gasteiger partial charge in [-0.3, -0.25) is 0 Å². The van der Waals surface area contributed by atoms with Gasteiger partial charge in [0.2, 0.25) is 0 Å². The van der Waals surface area contributed by atoms with Gasteiger partial charge in [0.15, 0.2) is 6.20 Å². The fraction of sp³-hybridized carbons (Fsp3) is 0.0952.